The summed E-state index contributed by atoms with van der Waals surface area (Å²) in [4.78, 5) is 4.05. The van der Waals surface area contributed by atoms with Crippen LogP contribution in [-0.4, -0.2) is 30.8 Å². The molecular weight excluding hydrogens is 224 g/mol. The number of nitrogens with zero attached hydrogens (tertiary/aromatic N) is 2. The average Bonchev–Trinajstić information content (AvgIpc) is 2.31. The molecule has 1 aliphatic heterocycles. The molecule has 1 fully saturated rings. The highest BCUT2D eigenvalue weighted by Crippen LogP contribution is 2.15. The van der Waals surface area contributed by atoms with E-state index in [4.69, 9.17) is 0 Å². The largest absolute Gasteiger partial charge is 0.260 e. The van der Waals surface area contributed by atoms with Crippen LogP contribution in [0.15, 0.2) is 24.4 Å². The monoisotopic (exact) mass is 240 g/mol. The molecule has 1 aromatic heterocycles. The first-order chi connectivity index (χ1) is 7.68. The lowest BCUT2D eigenvalue weighted by molar-refractivity contribution is 0.346. The van der Waals surface area contributed by atoms with E-state index in [1.165, 1.54) is 0 Å². The van der Waals surface area contributed by atoms with Gasteiger partial charge in [-0.05, 0) is 25.0 Å². The second kappa shape index (κ2) is 4.93. The summed E-state index contributed by atoms with van der Waals surface area (Å²) >= 11 is 0. The van der Waals surface area contributed by atoms with E-state index in [2.05, 4.69) is 4.98 Å². The van der Waals surface area contributed by atoms with Crippen LogP contribution in [0.4, 0.5) is 0 Å². The molecular formula is C11H16N2O2S. The minimum absolute atomic E-state index is 0.0217. The SMILES string of the molecule is O=S(=O)(Cc1ccccn1)N1CCCCC1. The van der Waals surface area contributed by atoms with E-state index < -0.39 is 10.0 Å². The normalized spacial score (nSPS) is 18.5. The van der Waals surface area contributed by atoms with Crippen molar-refractivity contribution in [1.82, 2.24) is 9.29 Å². The molecule has 16 heavy (non-hydrogen) atoms. The third kappa shape index (κ3) is 2.80. The van der Waals surface area contributed by atoms with Gasteiger partial charge in [-0.2, -0.15) is 0 Å². The Morgan fingerprint density at radius 2 is 1.94 bits per heavy atom. The average molecular weight is 240 g/mol. The number of sulfonamides is 1. The van der Waals surface area contributed by atoms with Crippen molar-refractivity contribution in [2.45, 2.75) is 25.0 Å². The Hall–Kier alpha value is -0.940. The van der Waals surface area contributed by atoms with Crippen LogP contribution in [0.5, 0.6) is 0 Å². The molecule has 0 N–H and O–H groups in total. The van der Waals surface area contributed by atoms with Crippen molar-refractivity contribution >= 4 is 10.0 Å². The maximum absolute atomic E-state index is 12.0. The highest BCUT2D eigenvalue weighted by molar-refractivity contribution is 7.88. The van der Waals surface area contributed by atoms with Crippen molar-refractivity contribution in [3.63, 3.8) is 0 Å². The van der Waals surface area contributed by atoms with Crippen LogP contribution in [0.1, 0.15) is 25.0 Å². The van der Waals surface area contributed by atoms with Gasteiger partial charge in [0, 0.05) is 19.3 Å². The third-order valence-electron chi connectivity index (χ3n) is 2.76. The zero-order valence-corrected chi connectivity index (χ0v) is 9.99. The van der Waals surface area contributed by atoms with Crippen molar-refractivity contribution in [2.24, 2.45) is 0 Å². The smallest absolute Gasteiger partial charge is 0.219 e. The predicted octanol–water partition coefficient (Wildman–Crippen LogP) is 1.40. The van der Waals surface area contributed by atoms with Crippen molar-refractivity contribution in [2.75, 3.05) is 13.1 Å². The summed E-state index contributed by atoms with van der Waals surface area (Å²) in [6.45, 7) is 1.32. The Morgan fingerprint density at radius 3 is 2.56 bits per heavy atom. The van der Waals surface area contributed by atoms with Gasteiger partial charge in [0.05, 0.1) is 5.69 Å². The molecule has 5 heteroatoms. The maximum atomic E-state index is 12.0. The predicted molar refractivity (Wildman–Crippen MR) is 62.3 cm³/mol. The molecule has 0 amide bonds. The molecule has 0 radical (unpaired) electrons. The lowest BCUT2D eigenvalue weighted by Crippen LogP contribution is -2.36. The summed E-state index contributed by atoms with van der Waals surface area (Å²) in [6.07, 6.45) is 4.71. The Bertz CT molecular complexity index is 425. The summed E-state index contributed by atoms with van der Waals surface area (Å²) in [5.74, 6) is 0.0217. The summed E-state index contributed by atoms with van der Waals surface area (Å²) in [5, 5.41) is 0. The number of rotatable bonds is 3. The minimum atomic E-state index is -3.17. The molecule has 0 unspecified atom stereocenters. The van der Waals surface area contributed by atoms with Crippen LogP contribution < -0.4 is 0 Å². The first kappa shape index (κ1) is 11.5. The van der Waals surface area contributed by atoms with Gasteiger partial charge >= 0.3 is 0 Å². The van der Waals surface area contributed by atoms with Gasteiger partial charge in [0.15, 0.2) is 0 Å². The minimum Gasteiger partial charge on any atom is -0.260 e. The van der Waals surface area contributed by atoms with E-state index in [0.29, 0.717) is 18.8 Å². The fourth-order valence-corrected chi connectivity index (χ4v) is 3.45. The molecule has 0 aromatic carbocycles. The molecule has 0 atom stereocenters. The van der Waals surface area contributed by atoms with Gasteiger partial charge < -0.3 is 0 Å². The van der Waals surface area contributed by atoms with Crippen molar-refractivity contribution in [3.05, 3.63) is 30.1 Å². The number of piperidine rings is 1. The van der Waals surface area contributed by atoms with Crippen LogP contribution >= 0.6 is 0 Å². The van der Waals surface area contributed by atoms with Crippen LogP contribution in [0.25, 0.3) is 0 Å². The van der Waals surface area contributed by atoms with E-state index in [0.717, 1.165) is 19.3 Å². The molecule has 88 valence electrons. The van der Waals surface area contributed by atoms with E-state index in [9.17, 15) is 8.42 Å². The molecule has 0 spiro atoms. The third-order valence-corrected chi connectivity index (χ3v) is 4.58. The Balaban J connectivity index is 2.08. The molecule has 4 nitrogen and oxygen atoms in total. The van der Waals surface area contributed by atoms with Crippen LogP contribution in [0, 0.1) is 0 Å². The van der Waals surface area contributed by atoms with Gasteiger partial charge in [0.25, 0.3) is 0 Å². The number of hydrogen-bond acceptors (Lipinski definition) is 3. The fourth-order valence-electron chi connectivity index (χ4n) is 1.90. The van der Waals surface area contributed by atoms with Crippen molar-refractivity contribution in [3.8, 4) is 0 Å². The van der Waals surface area contributed by atoms with Gasteiger partial charge in [-0.1, -0.05) is 12.5 Å². The highest BCUT2D eigenvalue weighted by Gasteiger charge is 2.24. The standard InChI is InChI=1S/C11H16N2O2S/c14-16(15,13-8-4-1-5-9-13)10-11-6-2-3-7-12-11/h2-3,6-7H,1,4-5,8-10H2. The van der Waals surface area contributed by atoms with Gasteiger partial charge in [-0.3, -0.25) is 4.98 Å². The van der Waals surface area contributed by atoms with Gasteiger partial charge in [0.1, 0.15) is 5.75 Å². The lowest BCUT2D eigenvalue weighted by atomic mass is 10.2. The fraction of sp³-hybridized carbons (Fsp3) is 0.545. The molecule has 2 heterocycles. The molecule has 0 aliphatic carbocycles. The molecule has 2 rings (SSSR count). The number of aromatic nitrogens is 1. The van der Waals surface area contributed by atoms with E-state index in [1.54, 1.807) is 22.6 Å². The maximum Gasteiger partial charge on any atom is 0.219 e. The lowest BCUT2D eigenvalue weighted by Gasteiger charge is -2.25. The van der Waals surface area contributed by atoms with Gasteiger partial charge in [-0.15, -0.1) is 0 Å². The van der Waals surface area contributed by atoms with E-state index >= 15 is 0 Å². The Kier molecular flexibility index (Phi) is 3.56. The Morgan fingerprint density at radius 1 is 1.19 bits per heavy atom. The van der Waals surface area contributed by atoms with E-state index in [1.807, 2.05) is 6.07 Å². The summed E-state index contributed by atoms with van der Waals surface area (Å²) in [7, 11) is -3.17. The summed E-state index contributed by atoms with van der Waals surface area (Å²) in [6, 6.07) is 5.35. The molecule has 1 saturated heterocycles. The van der Waals surface area contributed by atoms with Crippen LogP contribution in [0.2, 0.25) is 0 Å². The zero-order valence-electron chi connectivity index (χ0n) is 9.17. The molecule has 1 aromatic rings. The molecule has 0 saturated carbocycles. The van der Waals surface area contributed by atoms with E-state index in [-0.39, 0.29) is 5.75 Å². The quantitative estimate of drug-likeness (QED) is 0.802. The first-order valence-electron chi connectivity index (χ1n) is 5.56. The highest BCUT2D eigenvalue weighted by atomic mass is 32.2. The number of pyridine rings is 1. The van der Waals surface area contributed by atoms with Gasteiger partial charge in [0.2, 0.25) is 10.0 Å². The zero-order chi connectivity index (χ0) is 11.4. The first-order valence-corrected chi connectivity index (χ1v) is 7.17. The van der Waals surface area contributed by atoms with Crippen LogP contribution in [-0.2, 0) is 15.8 Å². The van der Waals surface area contributed by atoms with Gasteiger partial charge in [-0.25, -0.2) is 12.7 Å². The van der Waals surface area contributed by atoms with Crippen molar-refractivity contribution in [1.29, 1.82) is 0 Å². The second-order valence-corrected chi connectivity index (χ2v) is 6.01. The number of hydrogen-bond donors (Lipinski definition) is 0. The summed E-state index contributed by atoms with van der Waals surface area (Å²) in [5.41, 5.74) is 0.619. The molecule has 0 bridgehead atoms. The topological polar surface area (TPSA) is 50.3 Å². The summed E-state index contributed by atoms with van der Waals surface area (Å²) < 4.78 is 25.7. The second-order valence-electron chi connectivity index (χ2n) is 4.04. The Labute approximate surface area is 96.4 Å². The van der Waals surface area contributed by atoms with Crippen molar-refractivity contribution < 1.29 is 8.42 Å². The van der Waals surface area contributed by atoms with Crippen LogP contribution in [0.3, 0.4) is 0 Å². The molecule has 1 aliphatic rings.